The summed E-state index contributed by atoms with van der Waals surface area (Å²) in [5.74, 6) is 3.79. The van der Waals surface area contributed by atoms with Crippen molar-refractivity contribution in [3.05, 3.63) is 0 Å². The molecule has 9 heavy (non-hydrogen) atoms. The van der Waals surface area contributed by atoms with Crippen LogP contribution < -0.4 is 11.6 Å². The van der Waals surface area contributed by atoms with Crippen LogP contribution in [0.1, 0.15) is 0 Å². The van der Waals surface area contributed by atoms with E-state index in [1.807, 2.05) is 0 Å². The molecule has 0 rings (SSSR count). The Morgan fingerprint density at radius 2 is 2.00 bits per heavy atom. The second-order valence-corrected chi connectivity index (χ2v) is 1.26. The molecule has 5 N–H and O–H groups in total. The topological polar surface area (TPSA) is 110 Å². The molecule has 0 aromatic rings. The first-order valence-corrected chi connectivity index (χ1v) is 2.07. The molecule has 6 nitrogen and oxygen atoms in total. The summed E-state index contributed by atoms with van der Waals surface area (Å²) >= 11 is 0. The zero-order valence-electron chi connectivity index (χ0n) is 4.57. The lowest BCUT2D eigenvalue weighted by molar-refractivity contribution is -0.131. The zero-order valence-corrected chi connectivity index (χ0v) is 4.57. The fourth-order valence-corrected chi connectivity index (χ4v) is 0.199. The van der Waals surface area contributed by atoms with Crippen LogP contribution in [0.25, 0.3) is 0 Å². The van der Waals surface area contributed by atoms with Crippen molar-refractivity contribution < 1.29 is 14.7 Å². The highest BCUT2D eigenvalue weighted by atomic mass is 16.3. The van der Waals surface area contributed by atoms with Gasteiger partial charge in [0.25, 0.3) is 5.91 Å². The van der Waals surface area contributed by atoms with Crippen molar-refractivity contribution in [3.8, 4) is 0 Å². The Labute approximate surface area is 51.0 Å². The van der Waals surface area contributed by atoms with E-state index < -0.39 is 18.5 Å². The van der Waals surface area contributed by atoms with Gasteiger partial charge in [-0.1, -0.05) is 0 Å². The molecule has 0 atom stereocenters. The van der Waals surface area contributed by atoms with Crippen LogP contribution in [0.5, 0.6) is 0 Å². The van der Waals surface area contributed by atoms with E-state index >= 15 is 0 Å². The zero-order chi connectivity index (χ0) is 7.44. The van der Waals surface area contributed by atoms with Gasteiger partial charge in [0.15, 0.2) is 0 Å². The normalized spacial score (nSPS) is 8.67. The van der Waals surface area contributed by atoms with Crippen molar-refractivity contribution in [1.82, 2.24) is 5.01 Å². The van der Waals surface area contributed by atoms with Crippen molar-refractivity contribution in [2.75, 3.05) is 6.61 Å². The van der Waals surface area contributed by atoms with Gasteiger partial charge in [0.2, 0.25) is 0 Å². The smallest absolute Gasteiger partial charge is 0.336 e. The molecule has 0 saturated heterocycles. The van der Waals surface area contributed by atoms with Gasteiger partial charge in [0.1, 0.15) is 6.61 Å². The van der Waals surface area contributed by atoms with E-state index in [4.69, 9.17) is 10.9 Å². The molecule has 0 aromatic heterocycles. The van der Waals surface area contributed by atoms with Crippen molar-refractivity contribution in [1.29, 1.82) is 0 Å². The summed E-state index contributed by atoms with van der Waals surface area (Å²) in [5.41, 5.74) is 4.54. The number of amides is 3. The lowest BCUT2D eigenvalue weighted by Crippen LogP contribution is -2.47. The maximum absolute atomic E-state index is 10.2. The minimum atomic E-state index is -1.09. The highest BCUT2D eigenvalue weighted by Gasteiger charge is 2.11. The van der Waals surface area contributed by atoms with Gasteiger partial charge in [-0.15, -0.1) is 0 Å². The summed E-state index contributed by atoms with van der Waals surface area (Å²) in [6.07, 6.45) is 0. The summed E-state index contributed by atoms with van der Waals surface area (Å²) in [7, 11) is 0. The quantitative estimate of drug-likeness (QED) is 0.213. The van der Waals surface area contributed by atoms with Gasteiger partial charge in [-0.25, -0.2) is 10.6 Å². The average molecular weight is 133 g/mol. The maximum atomic E-state index is 10.2. The van der Waals surface area contributed by atoms with Gasteiger partial charge in [0.05, 0.1) is 0 Å². The van der Waals surface area contributed by atoms with E-state index in [0.29, 0.717) is 0 Å². The van der Waals surface area contributed by atoms with Gasteiger partial charge in [-0.2, -0.15) is 5.01 Å². The van der Waals surface area contributed by atoms with E-state index in [1.54, 1.807) is 0 Å². The largest absolute Gasteiger partial charge is 0.386 e. The van der Waals surface area contributed by atoms with Crippen LogP contribution >= 0.6 is 0 Å². The average Bonchev–Trinajstić information content (AvgIpc) is 1.84. The number of hydrogen-bond donors (Lipinski definition) is 3. The van der Waals surface area contributed by atoms with Crippen LogP contribution in [-0.4, -0.2) is 28.7 Å². The lowest BCUT2D eigenvalue weighted by atomic mass is 10.6. The predicted molar refractivity (Wildman–Crippen MR) is 27.7 cm³/mol. The summed E-state index contributed by atoms with van der Waals surface area (Å²) < 4.78 is 0. The first kappa shape index (κ1) is 7.86. The molecular weight excluding hydrogens is 126 g/mol. The first-order valence-electron chi connectivity index (χ1n) is 2.07. The third-order valence-electron chi connectivity index (χ3n) is 0.641. The number of hydrogen-bond acceptors (Lipinski definition) is 4. The fraction of sp³-hybridized carbons (Fsp3) is 0.333. The van der Waals surface area contributed by atoms with E-state index in [0.717, 1.165) is 0 Å². The number of imide groups is 1. The van der Waals surface area contributed by atoms with Crippen LogP contribution in [0.4, 0.5) is 4.79 Å². The van der Waals surface area contributed by atoms with Gasteiger partial charge in [-0.05, 0) is 0 Å². The SMILES string of the molecule is NC(=O)N(N)C(=O)CO. The molecule has 6 heteroatoms. The third kappa shape index (κ3) is 2.06. The van der Waals surface area contributed by atoms with Crippen molar-refractivity contribution in [2.45, 2.75) is 0 Å². The number of hydrazine groups is 1. The molecule has 0 fully saturated rings. The molecule has 0 unspecified atom stereocenters. The van der Waals surface area contributed by atoms with Gasteiger partial charge < -0.3 is 10.8 Å². The third-order valence-corrected chi connectivity index (χ3v) is 0.641. The molecule has 0 aliphatic rings. The second-order valence-electron chi connectivity index (χ2n) is 1.26. The Morgan fingerprint density at radius 3 is 2.11 bits per heavy atom. The summed E-state index contributed by atoms with van der Waals surface area (Å²) in [4.78, 5) is 20.2. The monoisotopic (exact) mass is 133 g/mol. The molecule has 0 aromatic carbocycles. The number of aliphatic hydroxyl groups is 1. The summed E-state index contributed by atoms with van der Waals surface area (Å²) in [6, 6.07) is -1.09. The first-order chi connectivity index (χ1) is 4.09. The van der Waals surface area contributed by atoms with Crippen molar-refractivity contribution >= 4 is 11.9 Å². The number of carbonyl (C=O) groups excluding carboxylic acids is 2. The van der Waals surface area contributed by atoms with Crippen LogP contribution in [0.15, 0.2) is 0 Å². The fourth-order valence-electron chi connectivity index (χ4n) is 0.199. The van der Waals surface area contributed by atoms with Crippen molar-refractivity contribution in [3.63, 3.8) is 0 Å². The Bertz CT molecular complexity index is 134. The number of primary amides is 1. The van der Waals surface area contributed by atoms with Crippen LogP contribution in [0, 0.1) is 0 Å². The van der Waals surface area contributed by atoms with E-state index in [2.05, 4.69) is 5.73 Å². The van der Waals surface area contributed by atoms with Crippen molar-refractivity contribution in [2.24, 2.45) is 11.6 Å². The number of nitrogens with two attached hydrogens (primary N) is 2. The molecule has 0 aliphatic carbocycles. The maximum Gasteiger partial charge on any atom is 0.336 e. The molecule has 3 amide bonds. The minimum absolute atomic E-state index is 0.139. The molecule has 0 aliphatic heterocycles. The number of aliphatic hydroxyl groups excluding tert-OH is 1. The standard InChI is InChI=1S/C3H7N3O3/c4-3(9)6(5)2(8)1-7/h7H,1,5H2,(H2,4,9). The van der Waals surface area contributed by atoms with E-state index in [9.17, 15) is 9.59 Å². The minimum Gasteiger partial charge on any atom is -0.386 e. The van der Waals surface area contributed by atoms with Gasteiger partial charge in [-0.3, -0.25) is 4.79 Å². The Balaban J connectivity index is 3.88. The lowest BCUT2D eigenvalue weighted by Gasteiger charge is -2.07. The number of nitrogens with zero attached hydrogens (tertiary/aromatic N) is 1. The van der Waals surface area contributed by atoms with Gasteiger partial charge >= 0.3 is 6.03 Å². The Morgan fingerprint density at radius 1 is 1.56 bits per heavy atom. The molecule has 52 valence electrons. The number of urea groups is 1. The molecule has 0 bridgehead atoms. The number of rotatable bonds is 1. The second kappa shape index (κ2) is 3.00. The highest BCUT2D eigenvalue weighted by molar-refractivity contribution is 5.93. The van der Waals surface area contributed by atoms with Crippen LogP contribution in [0.2, 0.25) is 0 Å². The highest BCUT2D eigenvalue weighted by Crippen LogP contribution is 1.75. The molecule has 0 heterocycles. The van der Waals surface area contributed by atoms with E-state index in [-0.39, 0.29) is 5.01 Å². The molecule has 0 radical (unpaired) electrons. The van der Waals surface area contributed by atoms with Gasteiger partial charge in [0, 0.05) is 0 Å². The predicted octanol–water partition coefficient (Wildman–Crippen LogP) is -2.24. The number of carbonyl (C=O) groups is 2. The molecule has 0 spiro atoms. The summed E-state index contributed by atoms with van der Waals surface area (Å²) in [5, 5.41) is 8.21. The molecule has 0 saturated carbocycles. The Kier molecular flexibility index (Phi) is 2.62. The Hall–Kier alpha value is -1.14. The molecular formula is C3H7N3O3. The van der Waals surface area contributed by atoms with Crippen LogP contribution in [0.3, 0.4) is 0 Å². The van der Waals surface area contributed by atoms with E-state index in [1.165, 1.54) is 0 Å². The van der Waals surface area contributed by atoms with Crippen LogP contribution in [-0.2, 0) is 4.79 Å². The summed E-state index contributed by atoms with van der Waals surface area (Å²) in [6.45, 7) is -0.820.